The van der Waals surface area contributed by atoms with Gasteiger partial charge in [0.05, 0.1) is 30.7 Å². The number of carbonyl (C=O) groups excluding carboxylic acids is 1. The second-order valence-corrected chi connectivity index (χ2v) is 10.8. The number of amides is 1. The Morgan fingerprint density at radius 2 is 2.11 bits per heavy atom. The minimum Gasteiger partial charge on any atom is -0.495 e. The summed E-state index contributed by atoms with van der Waals surface area (Å²) in [5.74, 6) is 1.32. The smallest absolute Gasteiger partial charge is 0.246 e. The summed E-state index contributed by atoms with van der Waals surface area (Å²) >= 11 is 1.64. The number of benzene rings is 1. The number of hydrogen-bond donors (Lipinski definition) is 3. The first-order valence-electron chi connectivity index (χ1n) is 12.9. The molecular formula is C28H34N6O3S. The molecule has 9 nitrogen and oxygen atoms in total. The summed E-state index contributed by atoms with van der Waals surface area (Å²) in [4.78, 5) is 25.6. The number of amidine groups is 1. The third-order valence-electron chi connectivity index (χ3n) is 7.18. The average Bonchev–Trinajstić information content (AvgIpc) is 3.66. The molecule has 2 aromatic heterocycles. The Balaban J connectivity index is 1.37. The Morgan fingerprint density at radius 3 is 2.87 bits per heavy atom. The Bertz CT molecular complexity index is 1380. The van der Waals surface area contributed by atoms with Crippen LogP contribution in [-0.2, 0) is 9.53 Å². The number of hydrogen-bond acceptors (Lipinski definition) is 6. The molecule has 2 aliphatic heterocycles. The number of H-pyrrole nitrogens is 1. The largest absolute Gasteiger partial charge is 0.495 e. The number of rotatable bonds is 8. The number of methoxy groups -OCH3 is 1. The SMILES string of the molecule is COc1cc(C)cc2cc(-c3cc(C4CCN(C(=O)/C=C/CN5CCOCC5)C4)[nH]c3C(N)=NC=N)sc12. The highest BCUT2D eigenvalue weighted by molar-refractivity contribution is 7.22. The van der Waals surface area contributed by atoms with E-state index in [0.717, 1.165) is 83.1 Å². The van der Waals surface area contributed by atoms with Crippen LogP contribution in [0.2, 0.25) is 0 Å². The van der Waals surface area contributed by atoms with Crippen LogP contribution in [0.3, 0.4) is 0 Å². The van der Waals surface area contributed by atoms with E-state index in [0.29, 0.717) is 18.8 Å². The fourth-order valence-corrected chi connectivity index (χ4v) is 6.34. The molecule has 1 atom stereocenters. The van der Waals surface area contributed by atoms with Crippen molar-refractivity contribution in [1.29, 1.82) is 5.41 Å². The predicted octanol–water partition coefficient (Wildman–Crippen LogP) is 3.73. The van der Waals surface area contributed by atoms with Crippen molar-refractivity contribution in [3.8, 4) is 16.2 Å². The lowest BCUT2D eigenvalue weighted by Crippen LogP contribution is -2.36. The van der Waals surface area contributed by atoms with E-state index in [2.05, 4.69) is 40.0 Å². The van der Waals surface area contributed by atoms with Crippen LogP contribution >= 0.6 is 11.3 Å². The minimum atomic E-state index is 0.0459. The van der Waals surface area contributed by atoms with Crippen molar-refractivity contribution >= 4 is 39.5 Å². The van der Waals surface area contributed by atoms with Crippen molar-refractivity contribution in [1.82, 2.24) is 14.8 Å². The lowest BCUT2D eigenvalue weighted by molar-refractivity contribution is -0.125. The lowest BCUT2D eigenvalue weighted by atomic mass is 10.0. The Kier molecular flexibility index (Phi) is 7.92. The monoisotopic (exact) mass is 534 g/mol. The van der Waals surface area contributed by atoms with Gasteiger partial charge < -0.3 is 25.1 Å². The van der Waals surface area contributed by atoms with Crippen LogP contribution < -0.4 is 10.5 Å². The zero-order chi connectivity index (χ0) is 26.6. The van der Waals surface area contributed by atoms with Crippen LogP contribution in [0.1, 0.15) is 29.3 Å². The van der Waals surface area contributed by atoms with Crippen molar-refractivity contribution in [2.24, 2.45) is 10.7 Å². The summed E-state index contributed by atoms with van der Waals surface area (Å²) in [6.45, 7) is 7.47. The number of aryl methyl sites for hydroxylation is 1. The molecule has 2 fully saturated rings. The molecule has 1 amide bonds. The highest BCUT2D eigenvalue weighted by Gasteiger charge is 2.29. The fourth-order valence-electron chi connectivity index (χ4n) is 5.18. The molecule has 0 aliphatic carbocycles. The zero-order valence-electron chi connectivity index (χ0n) is 21.8. The van der Waals surface area contributed by atoms with Gasteiger partial charge in [0, 0.05) is 60.9 Å². The molecule has 5 rings (SSSR count). The number of nitrogens with two attached hydrogens (primary N) is 1. The van der Waals surface area contributed by atoms with E-state index in [-0.39, 0.29) is 17.7 Å². The number of morpholine rings is 1. The van der Waals surface area contributed by atoms with Gasteiger partial charge >= 0.3 is 0 Å². The number of carbonyl (C=O) groups is 1. The summed E-state index contributed by atoms with van der Waals surface area (Å²) in [7, 11) is 1.69. The predicted molar refractivity (Wildman–Crippen MR) is 153 cm³/mol. The summed E-state index contributed by atoms with van der Waals surface area (Å²) < 4.78 is 12.1. The zero-order valence-corrected chi connectivity index (χ0v) is 22.6. The molecule has 0 saturated carbocycles. The minimum absolute atomic E-state index is 0.0459. The van der Waals surface area contributed by atoms with Crippen LogP contribution in [0.25, 0.3) is 20.5 Å². The number of aromatic nitrogens is 1. The first-order valence-corrected chi connectivity index (χ1v) is 13.7. The van der Waals surface area contributed by atoms with Gasteiger partial charge in [-0.2, -0.15) is 0 Å². The van der Waals surface area contributed by atoms with Crippen LogP contribution in [0, 0.1) is 12.3 Å². The standard InChI is InChI=1S/C28H34N6O3S/c1-18-12-20-14-24(38-27(20)23(13-18)36-2)21-15-22(32-26(21)28(30)31-17-29)19-5-7-34(16-19)25(35)4-3-6-33-8-10-37-11-9-33/h3-4,12-15,17,19,32H,5-11,16H2,1-2H3,(H3,29,30,31)/b4-3+. The summed E-state index contributed by atoms with van der Waals surface area (Å²) in [5.41, 5.74) is 10.1. The molecule has 4 N–H and O–H groups in total. The van der Waals surface area contributed by atoms with Crippen LogP contribution in [0.15, 0.2) is 41.4 Å². The van der Waals surface area contributed by atoms with E-state index in [1.54, 1.807) is 24.5 Å². The van der Waals surface area contributed by atoms with Gasteiger partial charge in [-0.05, 0) is 42.5 Å². The van der Waals surface area contributed by atoms with E-state index in [9.17, 15) is 4.79 Å². The maximum Gasteiger partial charge on any atom is 0.246 e. The number of nitrogens with zero attached hydrogens (tertiary/aromatic N) is 3. The van der Waals surface area contributed by atoms with Crippen molar-refractivity contribution in [2.75, 3.05) is 53.0 Å². The summed E-state index contributed by atoms with van der Waals surface area (Å²) in [6, 6.07) is 8.45. The molecule has 10 heteroatoms. The number of aliphatic imine (C=N–C) groups is 1. The van der Waals surface area contributed by atoms with Crippen molar-refractivity contribution in [3.05, 3.63) is 53.4 Å². The maximum absolute atomic E-state index is 12.8. The number of nitrogens with one attached hydrogen (secondary N) is 2. The fraction of sp³-hybridized carbons (Fsp3) is 0.393. The number of fused-ring (bicyclic) bond motifs is 1. The van der Waals surface area contributed by atoms with E-state index < -0.39 is 0 Å². The molecule has 2 aliphatic rings. The Labute approximate surface area is 226 Å². The van der Waals surface area contributed by atoms with Gasteiger partial charge in [-0.1, -0.05) is 12.1 Å². The molecule has 1 aromatic carbocycles. The topological polar surface area (TPSA) is 120 Å². The lowest BCUT2D eigenvalue weighted by Gasteiger charge is -2.25. The van der Waals surface area contributed by atoms with Crippen LogP contribution in [-0.4, -0.2) is 85.9 Å². The van der Waals surface area contributed by atoms with Gasteiger partial charge in [-0.25, -0.2) is 4.99 Å². The third kappa shape index (κ3) is 5.52. The number of thiophene rings is 1. The molecule has 3 aromatic rings. The van der Waals surface area contributed by atoms with Gasteiger partial charge in [0.15, 0.2) is 0 Å². The molecule has 1 unspecified atom stereocenters. The van der Waals surface area contributed by atoms with Gasteiger partial charge in [0.25, 0.3) is 0 Å². The molecule has 2 saturated heterocycles. The van der Waals surface area contributed by atoms with Gasteiger partial charge in [-0.15, -0.1) is 11.3 Å². The molecule has 200 valence electrons. The molecule has 0 spiro atoms. The highest BCUT2D eigenvalue weighted by atomic mass is 32.1. The highest BCUT2D eigenvalue weighted by Crippen LogP contribution is 2.42. The van der Waals surface area contributed by atoms with E-state index in [1.807, 2.05) is 17.0 Å². The maximum atomic E-state index is 12.8. The van der Waals surface area contributed by atoms with Crippen LogP contribution in [0.5, 0.6) is 5.75 Å². The van der Waals surface area contributed by atoms with Crippen molar-refractivity contribution in [3.63, 3.8) is 0 Å². The molecule has 0 radical (unpaired) electrons. The van der Waals surface area contributed by atoms with E-state index >= 15 is 0 Å². The van der Waals surface area contributed by atoms with Crippen LogP contribution in [0.4, 0.5) is 0 Å². The van der Waals surface area contributed by atoms with Crippen molar-refractivity contribution < 1.29 is 14.3 Å². The molecule has 38 heavy (non-hydrogen) atoms. The second-order valence-electron chi connectivity index (χ2n) is 9.74. The van der Waals surface area contributed by atoms with Gasteiger partial charge in [0.2, 0.25) is 5.91 Å². The molecule has 4 heterocycles. The summed E-state index contributed by atoms with van der Waals surface area (Å²) in [6.07, 6.45) is 5.47. The second kappa shape index (κ2) is 11.5. The van der Waals surface area contributed by atoms with Crippen molar-refractivity contribution in [2.45, 2.75) is 19.3 Å². The number of aromatic amines is 1. The molecular weight excluding hydrogens is 500 g/mol. The first-order chi connectivity index (χ1) is 18.5. The number of likely N-dealkylation sites (tertiary alicyclic amines) is 1. The number of ether oxygens (including phenoxy) is 2. The summed E-state index contributed by atoms with van der Waals surface area (Å²) in [5, 5.41) is 8.52. The quantitative estimate of drug-likeness (QED) is 0.231. The normalized spacial score (nSPS) is 19.1. The van der Waals surface area contributed by atoms with Gasteiger partial charge in [0.1, 0.15) is 17.9 Å². The first kappa shape index (κ1) is 26.1. The average molecular weight is 535 g/mol. The third-order valence-corrected chi connectivity index (χ3v) is 8.38. The Morgan fingerprint density at radius 1 is 1.29 bits per heavy atom. The molecule has 0 bridgehead atoms. The van der Waals surface area contributed by atoms with E-state index in [1.165, 1.54) is 0 Å². The Hall–Kier alpha value is -3.47. The van der Waals surface area contributed by atoms with E-state index in [4.69, 9.17) is 20.6 Å². The van der Waals surface area contributed by atoms with Gasteiger partial charge in [-0.3, -0.25) is 15.1 Å².